The van der Waals surface area contributed by atoms with Crippen LogP contribution in [0.3, 0.4) is 0 Å². The van der Waals surface area contributed by atoms with E-state index in [-0.39, 0.29) is 0 Å². The maximum atomic E-state index is 11.5. The van der Waals surface area contributed by atoms with Gasteiger partial charge in [0.15, 0.2) is 0 Å². The molecule has 0 aliphatic carbocycles. The Morgan fingerprint density at radius 1 is 0.731 bits per heavy atom. The summed E-state index contributed by atoms with van der Waals surface area (Å²) in [6.45, 7) is 2.11. The van der Waals surface area contributed by atoms with Gasteiger partial charge < -0.3 is 15.4 Å². The molecule has 0 saturated carbocycles. The second kappa shape index (κ2) is 8.58. The number of ether oxygens (including phenoxy) is 1. The van der Waals surface area contributed by atoms with E-state index in [0.717, 1.165) is 22.7 Å². The molecule has 0 radical (unpaired) electrons. The van der Waals surface area contributed by atoms with Gasteiger partial charge in [-0.2, -0.15) is 0 Å². The molecule has 5 nitrogen and oxygen atoms in total. The molecule has 0 heterocycles. The maximum absolute atomic E-state index is 11.5. The van der Waals surface area contributed by atoms with Gasteiger partial charge >= 0.3 is 6.09 Å². The van der Waals surface area contributed by atoms with Crippen molar-refractivity contribution < 1.29 is 9.53 Å². The molecule has 1 amide bonds. The second-order valence-electron chi connectivity index (χ2n) is 5.62. The molecule has 3 aromatic rings. The van der Waals surface area contributed by atoms with Crippen molar-refractivity contribution in [3.8, 4) is 0 Å². The quantitative estimate of drug-likeness (QED) is 0.532. The van der Waals surface area contributed by atoms with Crippen LogP contribution in [0.5, 0.6) is 0 Å². The molecule has 0 bridgehead atoms. The molecule has 0 spiro atoms. The van der Waals surface area contributed by atoms with E-state index in [4.69, 9.17) is 4.74 Å². The molecule has 0 aliphatic heterocycles. The minimum absolute atomic E-state index is 0.340. The van der Waals surface area contributed by atoms with Gasteiger partial charge in [0, 0.05) is 28.4 Å². The Balaban J connectivity index is 1.63. The molecule has 0 fully saturated rings. The van der Waals surface area contributed by atoms with Gasteiger partial charge in [0.1, 0.15) is 0 Å². The topological polar surface area (TPSA) is 62.4 Å². The molecule has 0 atom stereocenters. The Hall–Kier alpha value is -3.47. The first-order valence-electron chi connectivity index (χ1n) is 8.46. The van der Waals surface area contributed by atoms with Gasteiger partial charge in [-0.1, -0.05) is 24.3 Å². The van der Waals surface area contributed by atoms with E-state index in [1.165, 1.54) is 0 Å². The minimum atomic E-state index is -0.457. The molecule has 3 aromatic carbocycles. The zero-order chi connectivity index (χ0) is 18.2. The lowest BCUT2D eigenvalue weighted by atomic mass is 10.2. The first-order chi connectivity index (χ1) is 12.7. The number of nitrogens with one attached hydrogen (secondary N) is 3. The largest absolute Gasteiger partial charge is 0.450 e. The highest BCUT2D eigenvalue weighted by atomic mass is 16.5. The normalized spacial score (nSPS) is 10.0. The van der Waals surface area contributed by atoms with E-state index >= 15 is 0 Å². The molecular weight excluding hydrogens is 326 g/mol. The third kappa shape index (κ3) is 5.01. The summed E-state index contributed by atoms with van der Waals surface area (Å²) in [5, 5.41) is 9.36. The average molecular weight is 347 g/mol. The number of carbonyl (C=O) groups excluding carboxylic acids is 1. The monoisotopic (exact) mass is 347 g/mol. The van der Waals surface area contributed by atoms with Crippen molar-refractivity contribution >= 4 is 34.5 Å². The predicted octanol–water partition coefficient (Wildman–Crippen LogP) is 5.74. The summed E-state index contributed by atoms with van der Waals surface area (Å²) in [4.78, 5) is 11.5. The zero-order valence-corrected chi connectivity index (χ0v) is 14.5. The molecule has 3 N–H and O–H groups in total. The lowest BCUT2D eigenvalue weighted by Crippen LogP contribution is -2.13. The Kier molecular flexibility index (Phi) is 5.72. The Labute approximate surface area is 153 Å². The molecule has 0 aromatic heterocycles. The van der Waals surface area contributed by atoms with Gasteiger partial charge in [-0.05, 0) is 61.5 Å². The number of rotatable bonds is 6. The van der Waals surface area contributed by atoms with Crippen LogP contribution in [0.25, 0.3) is 0 Å². The second-order valence-corrected chi connectivity index (χ2v) is 5.62. The van der Waals surface area contributed by atoms with Crippen LogP contribution in [0, 0.1) is 0 Å². The summed E-state index contributed by atoms with van der Waals surface area (Å²) >= 11 is 0. The van der Waals surface area contributed by atoms with E-state index < -0.39 is 6.09 Å². The Bertz CT molecular complexity index is 849. The summed E-state index contributed by atoms with van der Waals surface area (Å²) in [5.41, 5.74) is 4.57. The van der Waals surface area contributed by atoms with E-state index in [1.54, 1.807) is 6.92 Å². The number of para-hydroxylation sites is 1. The molecule has 0 unspecified atom stereocenters. The molecular formula is C21H21N3O2. The lowest BCUT2D eigenvalue weighted by molar-refractivity contribution is 0.168. The summed E-state index contributed by atoms with van der Waals surface area (Å²) in [6, 6.07) is 25.5. The van der Waals surface area contributed by atoms with Crippen LogP contribution >= 0.6 is 0 Å². The fourth-order valence-corrected chi connectivity index (χ4v) is 2.45. The van der Waals surface area contributed by atoms with Gasteiger partial charge in [-0.3, -0.25) is 5.32 Å². The molecule has 132 valence electrons. The number of amides is 1. The Morgan fingerprint density at radius 3 is 1.92 bits per heavy atom. The highest BCUT2D eigenvalue weighted by Gasteiger charge is 2.03. The van der Waals surface area contributed by atoms with Crippen LogP contribution in [0.1, 0.15) is 6.92 Å². The van der Waals surface area contributed by atoms with Crippen LogP contribution in [0.4, 0.5) is 33.2 Å². The van der Waals surface area contributed by atoms with Crippen molar-refractivity contribution in [1.29, 1.82) is 0 Å². The van der Waals surface area contributed by atoms with Crippen molar-refractivity contribution in [2.45, 2.75) is 6.92 Å². The SMILES string of the molecule is CCOC(=O)Nc1cccc(Nc2ccc(Nc3ccccc3)cc2)c1. The van der Waals surface area contributed by atoms with Crippen LogP contribution < -0.4 is 16.0 Å². The highest BCUT2D eigenvalue weighted by molar-refractivity contribution is 5.85. The third-order valence-electron chi connectivity index (χ3n) is 3.62. The van der Waals surface area contributed by atoms with Crippen LogP contribution in [-0.2, 0) is 4.74 Å². The van der Waals surface area contributed by atoms with Crippen molar-refractivity contribution in [2.75, 3.05) is 22.6 Å². The summed E-state index contributed by atoms with van der Waals surface area (Å²) in [6.07, 6.45) is -0.457. The van der Waals surface area contributed by atoms with Gasteiger partial charge in [0.2, 0.25) is 0 Å². The van der Waals surface area contributed by atoms with E-state index in [0.29, 0.717) is 12.3 Å². The van der Waals surface area contributed by atoms with E-state index in [1.807, 2.05) is 78.9 Å². The van der Waals surface area contributed by atoms with Gasteiger partial charge in [0.05, 0.1) is 6.61 Å². The summed E-state index contributed by atoms with van der Waals surface area (Å²) < 4.78 is 4.89. The van der Waals surface area contributed by atoms with Crippen LogP contribution in [0.15, 0.2) is 78.9 Å². The maximum Gasteiger partial charge on any atom is 0.411 e. The van der Waals surface area contributed by atoms with Crippen molar-refractivity contribution in [3.63, 3.8) is 0 Å². The molecule has 3 rings (SSSR count). The molecule has 5 heteroatoms. The van der Waals surface area contributed by atoms with Crippen molar-refractivity contribution in [1.82, 2.24) is 0 Å². The number of carbonyl (C=O) groups is 1. The van der Waals surface area contributed by atoms with E-state index in [9.17, 15) is 4.79 Å². The highest BCUT2D eigenvalue weighted by Crippen LogP contribution is 2.23. The number of hydrogen-bond donors (Lipinski definition) is 3. The fourth-order valence-electron chi connectivity index (χ4n) is 2.45. The first kappa shape index (κ1) is 17.4. The smallest absolute Gasteiger partial charge is 0.411 e. The number of benzene rings is 3. The average Bonchev–Trinajstić information content (AvgIpc) is 2.65. The number of anilines is 5. The minimum Gasteiger partial charge on any atom is -0.450 e. The zero-order valence-electron chi connectivity index (χ0n) is 14.5. The molecule has 0 aliphatic rings. The van der Waals surface area contributed by atoms with Gasteiger partial charge in [-0.25, -0.2) is 4.79 Å². The lowest BCUT2D eigenvalue weighted by Gasteiger charge is -2.11. The standard InChI is InChI=1S/C21H21N3O2/c1-2-26-21(25)24-20-10-6-9-19(15-20)23-18-13-11-17(12-14-18)22-16-7-4-3-5-8-16/h3-15,22-23H,2H2,1H3,(H,24,25). The molecule has 26 heavy (non-hydrogen) atoms. The third-order valence-corrected chi connectivity index (χ3v) is 3.62. The van der Waals surface area contributed by atoms with Crippen molar-refractivity contribution in [2.24, 2.45) is 0 Å². The van der Waals surface area contributed by atoms with Crippen molar-refractivity contribution in [3.05, 3.63) is 78.9 Å². The van der Waals surface area contributed by atoms with Crippen LogP contribution in [0.2, 0.25) is 0 Å². The first-order valence-corrected chi connectivity index (χ1v) is 8.46. The van der Waals surface area contributed by atoms with Crippen LogP contribution in [-0.4, -0.2) is 12.7 Å². The summed E-state index contributed by atoms with van der Waals surface area (Å²) in [5.74, 6) is 0. The predicted molar refractivity (Wildman–Crippen MR) is 107 cm³/mol. The molecule has 0 saturated heterocycles. The summed E-state index contributed by atoms with van der Waals surface area (Å²) in [7, 11) is 0. The number of hydrogen-bond acceptors (Lipinski definition) is 4. The van der Waals surface area contributed by atoms with E-state index in [2.05, 4.69) is 16.0 Å². The fraction of sp³-hybridized carbons (Fsp3) is 0.0952. The Morgan fingerprint density at radius 2 is 1.27 bits per heavy atom. The van der Waals surface area contributed by atoms with Gasteiger partial charge in [-0.15, -0.1) is 0 Å². The van der Waals surface area contributed by atoms with Gasteiger partial charge in [0.25, 0.3) is 0 Å².